The van der Waals surface area contributed by atoms with Crippen LogP contribution in [0.2, 0.25) is 0 Å². The van der Waals surface area contributed by atoms with E-state index < -0.39 is 11.9 Å². The van der Waals surface area contributed by atoms with Gasteiger partial charge in [0.15, 0.2) is 6.61 Å². The number of hydrogen-bond donors (Lipinski definition) is 2. The smallest absolute Gasteiger partial charge is 0.325 e. The number of nitrogens with one attached hydrogen (secondary N) is 2. The maximum Gasteiger partial charge on any atom is 0.325 e. The summed E-state index contributed by atoms with van der Waals surface area (Å²) in [4.78, 5) is 35.8. The Bertz CT molecular complexity index is 861. The van der Waals surface area contributed by atoms with Gasteiger partial charge in [0.25, 0.3) is 11.8 Å². The molecule has 1 saturated carbocycles. The number of benzene rings is 2. The molecule has 0 atom stereocenters. The van der Waals surface area contributed by atoms with Crippen LogP contribution in [0.1, 0.15) is 28.8 Å². The summed E-state index contributed by atoms with van der Waals surface area (Å²) in [7, 11) is 1.54. The van der Waals surface area contributed by atoms with Crippen LogP contribution in [0.3, 0.4) is 0 Å². The average molecular weight is 396 g/mol. The van der Waals surface area contributed by atoms with Crippen LogP contribution in [0.25, 0.3) is 0 Å². The Morgan fingerprint density at radius 3 is 2.28 bits per heavy atom. The lowest BCUT2D eigenvalue weighted by Crippen LogP contribution is -2.37. The number of esters is 1. The Hall–Kier alpha value is -3.35. The SMILES string of the molecule is COc1ccc(C(=O)NCC(=O)OCC(=O)NCC2(c3ccccc3)CC2)cc1. The van der Waals surface area contributed by atoms with E-state index in [1.807, 2.05) is 18.2 Å². The van der Waals surface area contributed by atoms with Crippen molar-refractivity contribution in [3.05, 3.63) is 65.7 Å². The van der Waals surface area contributed by atoms with E-state index in [4.69, 9.17) is 9.47 Å². The summed E-state index contributed by atoms with van der Waals surface area (Å²) in [5.74, 6) is -0.812. The molecule has 1 fully saturated rings. The Morgan fingerprint density at radius 1 is 0.966 bits per heavy atom. The maximum atomic E-state index is 12.0. The molecule has 0 radical (unpaired) electrons. The van der Waals surface area contributed by atoms with Crippen LogP contribution >= 0.6 is 0 Å². The van der Waals surface area contributed by atoms with Crippen molar-refractivity contribution in [3.8, 4) is 5.75 Å². The highest BCUT2D eigenvalue weighted by Crippen LogP contribution is 2.47. The van der Waals surface area contributed by atoms with Crippen LogP contribution in [0.4, 0.5) is 0 Å². The number of rotatable bonds is 9. The first-order chi connectivity index (χ1) is 14.0. The highest BCUT2D eigenvalue weighted by atomic mass is 16.5. The van der Waals surface area contributed by atoms with Crippen molar-refractivity contribution in [2.75, 3.05) is 26.8 Å². The molecule has 0 saturated heterocycles. The minimum Gasteiger partial charge on any atom is -0.497 e. The first-order valence-electron chi connectivity index (χ1n) is 9.42. The van der Waals surface area contributed by atoms with Gasteiger partial charge in [0.05, 0.1) is 7.11 Å². The normalized spacial score (nSPS) is 13.8. The molecule has 152 valence electrons. The lowest BCUT2D eigenvalue weighted by molar-refractivity contribution is -0.147. The molecule has 0 spiro atoms. The Kier molecular flexibility index (Phi) is 6.49. The molecule has 1 aliphatic rings. The summed E-state index contributed by atoms with van der Waals surface area (Å²) in [6.45, 7) is -0.171. The molecule has 2 N–H and O–H groups in total. The van der Waals surface area contributed by atoms with Crippen LogP contribution < -0.4 is 15.4 Å². The molecule has 2 aromatic rings. The monoisotopic (exact) mass is 396 g/mol. The Morgan fingerprint density at radius 2 is 1.66 bits per heavy atom. The van der Waals surface area contributed by atoms with Gasteiger partial charge in [0.1, 0.15) is 12.3 Å². The highest BCUT2D eigenvalue weighted by molar-refractivity contribution is 5.96. The van der Waals surface area contributed by atoms with E-state index in [1.165, 1.54) is 12.7 Å². The first-order valence-corrected chi connectivity index (χ1v) is 9.42. The van der Waals surface area contributed by atoms with Gasteiger partial charge in [-0.2, -0.15) is 0 Å². The van der Waals surface area contributed by atoms with Crippen molar-refractivity contribution in [2.24, 2.45) is 0 Å². The van der Waals surface area contributed by atoms with Gasteiger partial charge in [-0.1, -0.05) is 30.3 Å². The van der Waals surface area contributed by atoms with E-state index in [1.54, 1.807) is 24.3 Å². The van der Waals surface area contributed by atoms with Crippen LogP contribution in [-0.4, -0.2) is 44.6 Å². The number of carbonyl (C=O) groups excluding carboxylic acids is 3. The van der Waals surface area contributed by atoms with Crippen LogP contribution in [-0.2, 0) is 19.7 Å². The third-order valence-corrected chi connectivity index (χ3v) is 4.97. The van der Waals surface area contributed by atoms with E-state index in [2.05, 4.69) is 22.8 Å². The van der Waals surface area contributed by atoms with Crippen LogP contribution in [0.15, 0.2) is 54.6 Å². The van der Waals surface area contributed by atoms with E-state index >= 15 is 0 Å². The summed E-state index contributed by atoms with van der Waals surface area (Å²) in [5.41, 5.74) is 1.60. The summed E-state index contributed by atoms with van der Waals surface area (Å²) in [6, 6.07) is 16.5. The largest absolute Gasteiger partial charge is 0.497 e. The third-order valence-electron chi connectivity index (χ3n) is 4.97. The molecule has 7 nitrogen and oxygen atoms in total. The number of methoxy groups -OCH3 is 1. The fraction of sp³-hybridized carbons (Fsp3) is 0.318. The second kappa shape index (κ2) is 9.23. The Balaban J connectivity index is 1.36. The van der Waals surface area contributed by atoms with Gasteiger partial charge >= 0.3 is 5.97 Å². The van der Waals surface area contributed by atoms with E-state index in [0.29, 0.717) is 17.9 Å². The number of amides is 2. The van der Waals surface area contributed by atoms with E-state index in [0.717, 1.165) is 12.8 Å². The zero-order valence-electron chi connectivity index (χ0n) is 16.3. The van der Waals surface area contributed by atoms with Gasteiger partial charge in [-0.05, 0) is 42.7 Å². The predicted octanol–water partition coefficient (Wildman–Crippen LogP) is 1.82. The molecule has 7 heteroatoms. The topological polar surface area (TPSA) is 93.7 Å². The second-order valence-corrected chi connectivity index (χ2v) is 6.99. The molecule has 1 aliphatic carbocycles. The maximum absolute atomic E-state index is 12.0. The van der Waals surface area contributed by atoms with Crippen molar-refractivity contribution in [3.63, 3.8) is 0 Å². The van der Waals surface area contributed by atoms with Gasteiger partial charge in [-0.3, -0.25) is 14.4 Å². The molecule has 0 aliphatic heterocycles. The number of ether oxygens (including phenoxy) is 2. The molecule has 0 aromatic heterocycles. The van der Waals surface area contributed by atoms with Crippen molar-refractivity contribution in [2.45, 2.75) is 18.3 Å². The predicted molar refractivity (Wildman–Crippen MR) is 107 cm³/mol. The number of hydrogen-bond acceptors (Lipinski definition) is 5. The lowest BCUT2D eigenvalue weighted by atomic mass is 9.96. The molecule has 3 rings (SSSR count). The molecule has 2 aromatic carbocycles. The summed E-state index contributed by atoms with van der Waals surface area (Å²) >= 11 is 0. The third kappa shape index (κ3) is 5.57. The van der Waals surface area contributed by atoms with Gasteiger partial charge in [0.2, 0.25) is 0 Å². The van der Waals surface area contributed by atoms with Gasteiger partial charge in [0, 0.05) is 17.5 Å². The van der Waals surface area contributed by atoms with Crippen molar-refractivity contribution in [1.29, 1.82) is 0 Å². The Labute approximate surface area is 169 Å². The minimum absolute atomic E-state index is 0.00668. The zero-order valence-corrected chi connectivity index (χ0v) is 16.3. The molecular weight excluding hydrogens is 372 g/mol. The summed E-state index contributed by atoms with van der Waals surface area (Å²) < 4.78 is 9.96. The second-order valence-electron chi connectivity index (χ2n) is 6.99. The van der Waals surface area contributed by atoms with Crippen molar-refractivity contribution in [1.82, 2.24) is 10.6 Å². The fourth-order valence-corrected chi connectivity index (χ4v) is 3.02. The van der Waals surface area contributed by atoms with Crippen molar-refractivity contribution >= 4 is 17.8 Å². The van der Waals surface area contributed by atoms with Crippen LogP contribution in [0.5, 0.6) is 5.75 Å². The molecule has 0 heterocycles. The quantitative estimate of drug-likeness (QED) is 0.631. The summed E-state index contributed by atoms with van der Waals surface area (Å²) in [6.07, 6.45) is 2.04. The minimum atomic E-state index is -0.675. The van der Waals surface area contributed by atoms with Crippen LogP contribution in [0, 0.1) is 0 Å². The highest BCUT2D eigenvalue weighted by Gasteiger charge is 2.44. The van der Waals surface area contributed by atoms with Gasteiger partial charge in [-0.25, -0.2) is 0 Å². The molecule has 2 amide bonds. The standard InChI is InChI=1S/C22H24N2O5/c1-28-18-9-7-16(8-10-18)21(27)23-13-20(26)29-14-19(25)24-15-22(11-12-22)17-5-3-2-4-6-17/h2-10H,11-15H2,1H3,(H,23,27)(H,24,25). The molecule has 0 unspecified atom stereocenters. The van der Waals surface area contributed by atoms with Gasteiger partial charge in [-0.15, -0.1) is 0 Å². The fourth-order valence-electron chi connectivity index (χ4n) is 3.02. The summed E-state index contributed by atoms with van der Waals surface area (Å²) in [5, 5.41) is 5.29. The molecule has 29 heavy (non-hydrogen) atoms. The van der Waals surface area contributed by atoms with E-state index in [-0.39, 0.29) is 24.5 Å². The molecule has 0 bridgehead atoms. The van der Waals surface area contributed by atoms with E-state index in [9.17, 15) is 14.4 Å². The zero-order chi connectivity index (χ0) is 20.7. The average Bonchev–Trinajstić information content (AvgIpc) is 3.56. The van der Waals surface area contributed by atoms with Gasteiger partial charge < -0.3 is 20.1 Å². The number of carbonyl (C=O) groups is 3. The first kappa shape index (κ1) is 20.4. The molecular formula is C22H24N2O5. The van der Waals surface area contributed by atoms with Crippen molar-refractivity contribution < 1.29 is 23.9 Å². The lowest BCUT2D eigenvalue weighted by Gasteiger charge is -2.16.